The fourth-order valence-electron chi connectivity index (χ4n) is 4.40. The second-order valence-electron chi connectivity index (χ2n) is 7.98. The molecule has 0 saturated carbocycles. The number of rotatable bonds is 2. The average molecular weight is 297 g/mol. The zero-order valence-corrected chi connectivity index (χ0v) is 15.3. The van der Waals surface area contributed by atoms with Crippen LogP contribution in [0, 0.1) is 0 Å². The summed E-state index contributed by atoms with van der Waals surface area (Å²) in [4.78, 5) is 0. The van der Waals surface area contributed by atoms with Crippen LogP contribution in [0.5, 0.6) is 0 Å². The van der Waals surface area contributed by atoms with E-state index in [0.717, 1.165) is 0 Å². The molecule has 0 amide bonds. The maximum atomic E-state index is 2.42. The van der Waals surface area contributed by atoms with Gasteiger partial charge in [0.15, 0.2) is 0 Å². The molecule has 0 aromatic heterocycles. The first-order valence-corrected chi connectivity index (χ1v) is 9.82. The molecule has 0 atom stereocenters. The number of benzene rings is 2. The molecule has 0 aliphatic carbocycles. The predicted molar refractivity (Wildman–Crippen MR) is 97.3 cm³/mol. The summed E-state index contributed by atoms with van der Waals surface area (Å²) in [6.45, 7) is 14.5. The van der Waals surface area contributed by atoms with Gasteiger partial charge in [-0.2, -0.15) is 0 Å². The van der Waals surface area contributed by atoms with Crippen LogP contribution < -0.4 is 10.4 Å². The van der Waals surface area contributed by atoms with Crippen LogP contribution in [-0.4, -0.2) is 8.07 Å². The highest BCUT2D eigenvalue weighted by atomic mass is 28.3. The molecule has 0 aliphatic heterocycles. The standard InChI is InChI=1S/C20H28Si/c1-19(2,3)21(20(4,5)6,17-13-9-7-10-14-17)18-15-11-8-12-16-18/h7-16H,1-6H3. The fraction of sp³-hybridized carbons (Fsp3) is 0.400. The van der Waals surface area contributed by atoms with Crippen molar-refractivity contribution < 1.29 is 0 Å². The molecule has 21 heavy (non-hydrogen) atoms. The minimum Gasteiger partial charge on any atom is -0.0625 e. The van der Waals surface area contributed by atoms with Crippen molar-refractivity contribution in [2.24, 2.45) is 0 Å². The SMILES string of the molecule is CC(C)(C)[Si](c1ccccc1)(c1ccccc1)C(C)(C)C. The summed E-state index contributed by atoms with van der Waals surface area (Å²) in [5, 5.41) is 3.56. The molecular weight excluding hydrogens is 268 g/mol. The summed E-state index contributed by atoms with van der Waals surface area (Å²) in [5.41, 5.74) is 0. The van der Waals surface area contributed by atoms with E-state index < -0.39 is 8.07 Å². The molecule has 0 radical (unpaired) electrons. The monoisotopic (exact) mass is 296 g/mol. The van der Waals surface area contributed by atoms with Gasteiger partial charge in [0.05, 0.1) is 0 Å². The van der Waals surface area contributed by atoms with E-state index in [1.807, 2.05) is 0 Å². The smallest absolute Gasteiger partial charge is 0.0625 e. The van der Waals surface area contributed by atoms with E-state index in [1.54, 1.807) is 0 Å². The van der Waals surface area contributed by atoms with E-state index in [9.17, 15) is 0 Å². The van der Waals surface area contributed by atoms with Crippen LogP contribution in [0.1, 0.15) is 41.5 Å². The van der Waals surface area contributed by atoms with Crippen LogP contribution in [0.2, 0.25) is 10.1 Å². The molecular formula is C20H28Si. The Bertz CT molecular complexity index is 515. The van der Waals surface area contributed by atoms with Crippen LogP contribution >= 0.6 is 0 Å². The molecule has 2 aromatic rings. The van der Waals surface area contributed by atoms with Gasteiger partial charge < -0.3 is 0 Å². The van der Waals surface area contributed by atoms with Gasteiger partial charge in [-0.25, -0.2) is 0 Å². The molecule has 0 saturated heterocycles. The van der Waals surface area contributed by atoms with Gasteiger partial charge in [0, 0.05) is 0 Å². The summed E-state index contributed by atoms with van der Waals surface area (Å²) in [5.74, 6) is 0. The number of hydrogen-bond donors (Lipinski definition) is 0. The van der Waals surface area contributed by atoms with E-state index in [1.165, 1.54) is 10.4 Å². The first-order chi connectivity index (χ1) is 9.71. The predicted octanol–water partition coefficient (Wildman–Crippen LogP) is 4.85. The fourth-order valence-corrected chi connectivity index (χ4v) is 11.8. The second kappa shape index (κ2) is 5.45. The van der Waals surface area contributed by atoms with Gasteiger partial charge >= 0.3 is 0 Å². The zero-order chi connectivity index (χ0) is 15.7. The Labute approximate surface area is 131 Å². The maximum absolute atomic E-state index is 2.42. The molecule has 0 nitrogen and oxygen atoms in total. The van der Waals surface area contributed by atoms with Gasteiger partial charge in [-0.1, -0.05) is 113 Å². The third-order valence-corrected chi connectivity index (χ3v) is 11.6. The second-order valence-corrected chi connectivity index (χ2v) is 13.6. The molecule has 0 heterocycles. The van der Waals surface area contributed by atoms with Crippen LogP contribution in [0.25, 0.3) is 0 Å². The van der Waals surface area contributed by atoms with E-state index in [-0.39, 0.29) is 10.1 Å². The Kier molecular flexibility index (Phi) is 4.16. The summed E-state index contributed by atoms with van der Waals surface area (Å²) in [6, 6.07) is 22.4. The lowest BCUT2D eigenvalue weighted by Gasteiger charge is -2.52. The molecule has 0 unspecified atom stereocenters. The van der Waals surface area contributed by atoms with Crippen LogP contribution in [-0.2, 0) is 0 Å². The zero-order valence-electron chi connectivity index (χ0n) is 14.3. The molecule has 0 aliphatic rings. The summed E-state index contributed by atoms with van der Waals surface area (Å²) < 4.78 is 0. The largest absolute Gasteiger partial charge is 0.128 e. The Balaban J connectivity index is 2.87. The lowest BCUT2D eigenvalue weighted by atomic mass is 10.2. The van der Waals surface area contributed by atoms with Gasteiger partial charge in [0.2, 0.25) is 0 Å². The van der Waals surface area contributed by atoms with Crippen molar-refractivity contribution in [1.29, 1.82) is 0 Å². The molecule has 0 fully saturated rings. The quantitative estimate of drug-likeness (QED) is 0.695. The highest BCUT2D eigenvalue weighted by molar-refractivity contribution is 7.06. The molecule has 0 spiro atoms. The van der Waals surface area contributed by atoms with Crippen molar-refractivity contribution >= 4 is 18.4 Å². The minimum atomic E-state index is -1.95. The van der Waals surface area contributed by atoms with Gasteiger partial charge in [-0.15, -0.1) is 0 Å². The molecule has 2 aromatic carbocycles. The highest BCUT2D eigenvalue weighted by Gasteiger charge is 2.55. The van der Waals surface area contributed by atoms with Crippen molar-refractivity contribution in [3.05, 3.63) is 60.7 Å². The van der Waals surface area contributed by atoms with Crippen LogP contribution in [0.3, 0.4) is 0 Å². The molecule has 0 bridgehead atoms. The van der Waals surface area contributed by atoms with Gasteiger partial charge in [-0.05, 0) is 10.1 Å². The van der Waals surface area contributed by atoms with Crippen LogP contribution in [0.15, 0.2) is 60.7 Å². The highest BCUT2D eigenvalue weighted by Crippen LogP contribution is 2.50. The van der Waals surface area contributed by atoms with Gasteiger partial charge in [-0.3, -0.25) is 0 Å². The summed E-state index contributed by atoms with van der Waals surface area (Å²) in [6.07, 6.45) is 0. The lowest BCUT2D eigenvalue weighted by Crippen LogP contribution is -2.69. The maximum Gasteiger partial charge on any atom is 0.128 e. The Morgan fingerprint density at radius 1 is 0.524 bits per heavy atom. The van der Waals surface area contributed by atoms with Gasteiger partial charge in [0.25, 0.3) is 0 Å². The van der Waals surface area contributed by atoms with E-state index in [4.69, 9.17) is 0 Å². The van der Waals surface area contributed by atoms with Crippen molar-refractivity contribution in [2.45, 2.75) is 51.6 Å². The molecule has 112 valence electrons. The third kappa shape index (κ3) is 2.60. The normalized spacial score (nSPS) is 13.2. The van der Waals surface area contributed by atoms with Crippen molar-refractivity contribution in [2.75, 3.05) is 0 Å². The average Bonchev–Trinajstić information content (AvgIpc) is 2.38. The third-order valence-electron chi connectivity index (χ3n) is 4.66. The van der Waals surface area contributed by atoms with Crippen molar-refractivity contribution in [3.63, 3.8) is 0 Å². The first kappa shape index (κ1) is 16.0. The lowest BCUT2D eigenvalue weighted by molar-refractivity contribution is 0.636. The van der Waals surface area contributed by atoms with Gasteiger partial charge in [0.1, 0.15) is 8.07 Å². The number of hydrogen-bond acceptors (Lipinski definition) is 0. The molecule has 2 rings (SSSR count). The molecule has 1 heteroatoms. The summed E-state index contributed by atoms with van der Waals surface area (Å²) >= 11 is 0. The Morgan fingerprint density at radius 3 is 1.05 bits per heavy atom. The summed E-state index contributed by atoms with van der Waals surface area (Å²) in [7, 11) is -1.95. The topological polar surface area (TPSA) is 0 Å². The van der Waals surface area contributed by atoms with Crippen LogP contribution in [0.4, 0.5) is 0 Å². The van der Waals surface area contributed by atoms with E-state index in [2.05, 4.69) is 102 Å². The van der Waals surface area contributed by atoms with Crippen molar-refractivity contribution in [1.82, 2.24) is 0 Å². The molecule has 0 N–H and O–H groups in total. The van der Waals surface area contributed by atoms with E-state index >= 15 is 0 Å². The first-order valence-electron chi connectivity index (χ1n) is 7.82. The Morgan fingerprint density at radius 2 is 0.810 bits per heavy atom. The Hall–Kier alpha value is -1.34. The van der Waals surface area contributed by atoms with Crippen molar-refractivity contribution in [3.8, 4) is 0 Å². The minimum absolute atomic E-state index is 0.244. The van der Waals surface area contributed by atoms with E-state index in [0.29, 0.717) is 0 Å².